The van der Waals surface area contributed by atoms with Crippen molar-refractivity contribution < 1.29 is 0 Å². The van der Waals surface area contributed by atoms with Gasteiger partial charge in [-0.2, -0.15) is 0 Å². The van der Waals surface area contributed by atoms with Crippen LogP contribution in [0.15, 0.2) is 18.2 Å². The van der Waals surface area contributed by atoms with Crippen LogP contribution in [-0.2, 0) is 0 Å². The standard InChI is InChI=1S/C34H44Si2/c1-9-12-14-16-18-20-22-24-27-35(5,6)33-30-32(26-11-3)34(29-31(33)4)36(7,8)28-25-23-21-19-17-15-13-10-2/h2,11,26,29-30H,9,12,14,16,18,20,22,24,27H2,1,3-8H3/b26-11+. The highest BCUT2D eigenvalue weighted by Crippen LogP contribution is 2.20. The Kier molecular flexibility index (Phi) is 14.6. The predicted octanol–water partition coefficient (Wildman–Crippen LogP) is 7.19. The van der Waals surface area contributed by atoms with Gasteiger partial charge in [-0.3, -0.25) is 0 Å². The van der Waals surface area contributed by atoms with Gasteiger partial charge in [-0.1, -0.05) is 126 Å². The van der Waals surface area contributed by atoms with Crippen molar-refractivity contribution in [2.24, 2.45) is 0 Å². The van der Waals surface area contributed by atoms with Gasteiger partial charge in [0, 0.05) is 0 Å². The van der Waals surface area contributed by atoms with E-state index in [0.717, 1.165) is 0 Å². The van der Waals surface area contributed by atoms with E-state index < -0.39 is 16.1 Å². The van der Waals surface area contributed by atoms with Gasteiger partial charge in [-0.15, -0.1) is 12.0 Å². The van der Waals surface area contributed by atoms with Crippen LogP contribution in [0.25, 0.3) is 6.08 Å². The Balaban J connectivity index is 3.03. The summed E-state index contributed by atoms with van der Waals surface area (Å²) in [7, 11) is -3.52. The van der Waals surface area contributed by atoms with E-state index in [1.165, 1.54) is 73.7 Å². The van der Waals surface area contributed by atoms with E-state index in [9.17, 15) is 0 Å². The summed E-state index contributed by atoms with van der Waals surface area (Å²) in [4.78, 5) is 0. The van der Waals surface area contributed by atoms with Gasteiger partial charge >= 0.3 is 0 Å². The number of unbranched alkanes of at least 4 members (excludes halogenated alkanes) is 7. The van der Waals surface area contributed by atoms with Crippen molar-refractivity contribution in [3.05, 3.63) is 29.3 Å². The molecule has 0 unspecified atom stereocenters. The third kappa shape index (κ3) is 11.3. The molecule has 0 aromatic heterocycles. The van der Waals surface area contributed by atoms with Gasteiger partial charge in [0.15, 0.2) is 8.07 Å². The van der Waals surface area contributed by atoms with Crippen LogP contribution in [-0.4, -0.2) is 16.1 Å². The quantitative estimate of drug-likeness (QED) is 0.159. The van der Waals surface area contributed by atoms with E-state index >= 15 is 0 Å². The summed E-state index contributed by atoms with van der Waals surface area (Å²) in [6.45, 7) is 16.4. The zero-order valence-electron chi connectivity index (χ0n) is 23.8. The van der Waals surface area contributed by atoms with Gasteiger partial charge in [0.25, 0.3) is 0 Å². The Morgan fingerprint density at radius 2 is 1.31 bits per heavy atom. The Morgan fingerprint density at radius 3 is 1.89 bits per heavy atom. The van der Waals surface area contributed by atoms with Gasteiger partial charge in [-0.25, -0.2) is 0 Å². The van der Waals surface area contributed by atoms with Gasteiger partial charge < -0.3 is 0 Å². The van der Waals surface area contributed by atoms with Crippen LogP contribution >= 0.6 is 0 Å². The molecular weight excluding hydrogens is 465 g/mol. The molecule has 0 amide bonds. The fourth-order valence-electron chi connectivity index (χ4n) is 4.60. The molecule has 0 aliphatic carbocycles. The molecule has 0 aliphatic heterocycles. The SMILES string of the molecule is C#CC#CC#CC#CC#C[Si](C)(C)c1cc(C)c([Si](C)(C)CCCCCCCCCC)cc1/C=C/C. The van der Waals surface area contributed by atoms with Crippen molar-refractivity contribution in [2.45, 2.75) is 104 Å². The lowest BCUT2D eigenvalue weighted by atomic mass is 10.1. The average molecular weight is 509 g/mol. The molecule has 0 bridgehead atoms. The summed E-state index contributed by atoms with van der Waals surface area (Å²) >= 11 is 0. The average Bonchev–Trinajstić information content (AvgIpc) is 2.83. The van der Waals surface area contributed by atoms with Crippen LogP contribution in [0.2, 0.25) is 32.2 Å². The van der Waals surface area contributed by atoms with Gasteiger partial charge in [0.2, 0.25) is 0 Å². The second-order valence-electron chi connectivity index (χ2n) is 10.6. The van der Waals surface area contributed by atoms with E-state index in [1.807, 2.05) is 0 Å². The smallest absolute Gasteiger partial charge is 0.112 e. The lowest BCUT2D eigenvalue weighted by Crippen LogP contribution is -2.47. The van der Waals surface area contributed by atoms with Gasteiger partial charge in [-0.05, 0) is 72.0 Å². The zero-order chi connectivity index (χ0) is 26.9. The maximum absolute atomic E-state index is 5.07. The van der Waals surface area contributed by atoms with Crippen molar-refractivity contribution in [1.82, 2.24) is 0 Å². The van der Waals surface area contributed by atoms with Crippen LogP contribution in [0.1, 0.15) is 76.3 Å². The first-order valence-corrected chi connectivity index (χ1v) is 19.7. The number of hydrogen-bond donors (Lipinski definition) is 0. The molecule has 0 saturated heterocycles. The molecule has 1 aromatic carbocycles. The highest BCUT2D eigenvalue weighted by Gasteiger charge is 2.29. The molecule has 0 saturated carbocycles. The second kappa shape index (κ2) is 16.8. The summed E-state index contributed by atoms with van der Waals surface area (Å²) in [5.74, 6) is 21.2. The molecule has 0 atom stereocenters. The molecule has 0 spiro atoms. The van der Waals surface area contributed by atoms with Crippen LogP contribution < -0.4 is 10.4 Å². The zero-order valence-corrected chi connectivity index (χ0v) is 25.8. The highest BCUT2D eigenvalue weighted by molar-refractivity contribution is 6.97. The summed E-state index contributed by atoms with van der Waals surface area (Å²) in [6, 6.07) is 6.27. The first-order chi connectivity index (χ1) is 17.2. The molecule has 0 radical (unpaired) electrons. The van der Waals surface area contributed by atoms with Gasteiger partial charge in [0.1, 0.15) is 0 Å². The van der Waals surface area contributed by atoms with E-state index in [4.69, 9.17) is 6.42 Å². The van der Waals surface area contributed by atoms with Crippen molar-refractivity contribution >= 4 is 32.6 Å². The van der Waals surface area contributed by atoms with Crippen molar-refractivity contribution in [3.8, 4) is 59.3 Å². The van der Waals surface area contributed by atoms with Crippen LogP contribution in [0.5, 0.6) is 0 Å². The second-order valence-corrected chi connectivity index (χ2v) is 19.5. The Bertz CT molecular complexity index is 1170. The van der Waals surface area contributed by atoms with E-state index in [2.05, 4.69) is 124 Å². The van der Waals surface area contributed by atoms with E-state index in [-0.39, 0.29) is 0 Å². The summed E-state index contributed by atoms with van der Waals surface area (Å²) in [5, 5.41) is 2.99. The number of rotatable bonds is 12. The summed E-state index contributed by atoms with van der Waals surface area (Å²) in [5.41, 5.74) is 6.25. The number of hydrogen-bond acceptors (Lipinski definition) is 0. The first kappa shape index (κ1) is 31.2. The molecule has 1 rings (SSSR count). The van der Waals surface area contributed by atoms with Crippen molar-refractivity contribution in [3.63, 3.8) is 0 Å². The Labute approximate surface area is 225 Å². The molecule has 36 heavy (non-hydrogen) atoms. The minimum Gasteiger partial charge on any atom is -0.112 e. The lowest BCUT2D eigenvalue weighted by Gasteiger charge is -2.28. The molecule has 188 valence electrons. The molecule has 0 aliphatic rings. The van der Waals surface area contributed by atoms with Crippen molar-refractivity contribution in [2.75, 3.05) is 0 Å². The molecule has 1 aromatic rings. The number of aryl methyl sites for hydroxylation is 1. The summed E-state index contributed by atoms with van der Waals surface area (Å²) in [6.07, 6.45) is 20.5. The van der Waals surface area contributed by atoms with Crippen LogP contribution in [0.3, 0.4) is 0 Å². The third-order valence-electron chi connectivity index (χ3n) is 6.62. The largest absolute Gasteiger partial charge is 0.164 e. The molecule has 0 N–H and O–H groups in total. The van der Waals surface area contributed by atoms with E-state index in [1.54, 1.807) is 5.19 Å². The fourth-order valence-corrected chi connectivity index (χ4v) is 9.65. The molecule has 0 nitrogen and oxygen atoms in total. The molecule has 0 heterocycles. The van der Waals surface area contributed by atoms with Crippen LogP contribution in [0.4, 0.5) is 0 Å². The van der Waals surface area contributed by atoms with Crippen LogP contribution in [0, 0.1) is 66.3 Å². The highest BCUT2D eigenvalue weighted by atomic mass is 28.3. The minimum atomic E-state index is -2.01. The first-order valence-electron chi connectivity index (χ1n) is 13.5. The normalized spacial score (nSPS) is 10.6. The van der Waals surface area contributed by atoms with E-state index in [0.29, 0.717) is 0 Å². The Hall–Kier alpha value is -2.81. The number of terminal acetylenes is 1. The molecular formula is C34H44Si2. The predicted molar refractivity (Wildman–Crippen MR) is 167 cm³/mol. The minimum absolute atomic E-state index is 1.33. The number of allylic oxidation sites excluding steroid dienone is 1. The third-order valence-corrected chi connectivity index (χ3v) is 12.8. The van der Waals surface area contributed by atoms with Gasteiger partial charge in [0.05, 0.1) is 8.07 Å². The maximum Gasteiger partial charge on any atom is 0.164 e. The number of benzene rings is 1. The maximum atomic E-state index is 5.07. The summed E-state index contributed by atoms with van der Waals surface area (Å²) < 4.78 is 0. The Morgan fingerprint density at radius 1 is 0.750 bits per heavy atom. The monoisotopic (exact) mass is 508 g/mol. The molecule has 2 heteroatoms. The fraction of sp³-hybridized carbons (Fsp3) is 0.471. The lowest BCUT2D eigenvalue weighted by molar-refractivity contribution is 0.584. The topological polar surface area (TPSA) is 0 Å². The van der Waals surface area contributed by atoms with Crippen molar-refractivity contribution in [1.29, 1.82) is 0 Å². The molecule has 0 fully saturated rings.